The van der Waals surface area contributed by atoms with Gasteiger partial charge in [0.1, 0.15) is 0 Å². The Labute approximate surface area is 68.1 Å². The maximum Gasteiger partial charge on any atom is 0.0575 e. The van der Waals surface area contributed by atoms with Crippen LogP contribution in [0.4, 0.5) is 0 Å². The van der Waals surface area contributed by atoms with Crippen molar-refractivity contribution in [3.05, 3.63) is 0 Å². The fraction of sp³-hybridized carbons (Fsp3) is 1.00. The van der Waals surface area contributed by atoms with Crippen molar-refractivity contribution in [3.8, 4) is 0 Å². The van der Waals surface area contributed by atoms with Crippen molar-refractivity contribution in [3.63, 3.8) is 0 Å². The van der Waals surface area contributed by atoms with E-state index in [9.17, 15) is 0 Å². The van der Waals surface area contributed by atoms with Crippen LogP contribution in [0.1, 0.15) is 32.1 Å². The van der Waals surface area contributed by atoms with E-state index in [-0.39, 0.29) is 0 Å². The highest BCUT2D eigenvalue weighted by atomic mass is 16.5. The van der Waals surface area contributed by atoms with Crippen LogP contribution in [0.5, 0.6) is 0 Å². The van der Waals surface area contributed by atoms with Gasteiger partial charge in [-0.15, -0.1) is 0 Å². The number of rotatable bonds is 4. The second kappa shape index (κ2) is 2.76. The highest BCUT2D eigenvalue weighted by Crippen LogP contribution is 2.45. The van der Waals surface area contributed by atoms with Crippen LogP contribution >= 0.6 is 0 Å². The Morgan fingerprint density at radius 2 is 2.09 bits per heavy atom. The minimum Gasteiger partial charge on any atom is -0.378 e. The van der Waals surface area contributed by atoms with Gasteiger partial charge in [-0.05, 0) is 32.1 Å². The molecular weight excluding hydrogens is 138 g/mol. The number of hydrogen-bond donors (Lipinski definition) is 1. The lowest BCUT2D eigenvalue weighted by molar-refractivity contribution is -0.0195. The number of hydrogen-bond acceptors (Lipinski definition) is 2. The van der Waals surface area contributed by atoms with Crippen molar-refractivity contribution >= 4 is 0 Å². The van der Waals surface area contributed by atoms with Crippen molar-refractivity contribution < 1.29 is 4.74 Å². The van der Waals surface area contributed by atoms with Crippen LogP contribution in [-0.2, 0) is 4.74 Å². The Kier molecular flexibility index (Phi) is 1.90. The van der Waals surface area contributed by atoms with Crippen LogP contribution in [0.25, 0.3) is 0 Å². The van der Waals surface area contributed by atoms with Crippen molar-refractivity contribution in [1.29, 1.82) is 0 Å². The molecule has 2 heteroatoms. The van der Waals surface area contributed by atoms with Crippen molar-refractivity contribution in [1.82, 2.24) is 0 Å². The summed E-state index contributed by atoms with van der Waals surface area (Å²) in [6.45, 7) is 1.74. The molecule has 0 aromatic carbocycles. The second-order valence-corrected chi connectivity index (χ2v) is 4.07. The zero-order valence-electron chi connectivity index (χ0n) is 7.01. The monoisotopic (exact) mass is 155 g/mol. The first-order valence-electron chi connectivity index (χ1n) is 4.66. The van der Waals surface area contributed by atoms with E-state index < -0.39 is 0 Å². The summed E-state index contributed by atoms with van der Waals surface area (Å²) in [5.74, 6) is 0. The summed E-state index contributed by atoms with van der Waals surface area (Å²) in [6.07, 6.45) is 7.08. The normalized spacial score (nSPS) is 28.1. The molecule has 2 aliphatic carbocycles. The van der Waals surface area contributed by atoms with Gasteiger partial charge in [0, 0.05) is 12.0 Å². The Balaban J connectivity index is 1.65. The largest absolute Gasteiger partial charge is 0.378 e. The molecule has 2 nitrogen and oxygen atoms in total. The first kappa shape index (κ1) is 7.56. The lowest BCUT2D eigenvalue weighted by Crippen LogP contribution is -2.28. The van der Waals surface area contributed by atoms with E-state index in [2.05, 4.69) is 0 Å². The summed E-state index contributed by atoms with van der Waals surface area (Å²) in [4.78, 5) is 0. The number of ether oxygens (including phenoxy) is 1. The second-order valence-electron chi connectivity index (χ2n) is 4.07. The van der Waals surface area contributed by atoms with Gasteiger partial charge in [-0.25, -0.2) is 0 Å². The topological polar surface area (TPSA) is 35.2 Å². The minimum atomic E-state index is 0.412. The molecule has 2 N–H and O–H groups in total. The first-order valence-corrected chi connectivity index (χ1v) is 4.66. The molecule has 0 aromatic rings. The fourth-order valence-corrected chi connectivity index (χ4v) is 1.42. The van der Waals surface area contributed by atoms with E-state index >= 15 is 0 Å². The van der Waals surface area contributed by atoms with Gasteiger partial charge >= 0.3 is 0 Å². The predicted octanol–water partition coefficient (Wildman–Crippen LogP) is 1.29. The molecule has 2 aliphatic rings. The van der Waals surface area contributed by atoms with Gasteiger partial charge in [-0.3, -0.25) is 0 Å². The highest BCUT2D eigenvalue weighted by Gasteiger charge is 2.42. The van der Waals surface area contributed by atoms with Crippen LogP contribution < -0.4 is 5.73 Å². The van der Waals surface area contributed by atoms with Crippen LogP contribution in [0.2, 0.25) is 0 Å². The zero-order valence-corrected chi connectivity index (χ0v) is 7.01. The quantitative estimate of drug-likeness (QED) is 0.664. The van der Waals surface area contributed by atoms with E-state index in [4.69, 9.17) is 10.5 Å². The standard InChI is InChI=1S/C9H17NO/c10-6-9(4-5-9)7-11-8-2-1-3-8/h8H,1-7,10H2. The SMILES string of the molecule is NCC1(COC2CCC2)CC1. The summed E-state index contributed by atoms with van der Waals surface area (Å²) in [5, 5.41) is 0. The Morgan fingerprint density at radius 3 is 2.45 bits per heavy atom. The van der Waals surface area contributed by atoms with Gasteiger partial charge in [-0.1, -0.05) is 0 Å². The smallest absolute Gasteiger partial charge is 0.0575 e. The zero-order chi connectivity index (χ0) is 7.73. The van der Waals surface area contributed by atoms with Crippen LogP contribution in [0.15, 0.2) is 0 Å². The molecule has 0 saturated heterocycles. The van der Waals surface area contributed by atoms with Crippen molar-refractivity contribution in [2.24, 2.45) is 11.1 Å². The third kappa shape index (κ3) is 1.57. The molecule has 0 atom stereocenters. The molecule has 0 heterocycles. The van der Waals surface area contributed by atoms with Gasteiger partial charge in [0.05, 0.1) is 12.7 Å². The molecule has 0 unspecified atom stereocenters. The lowest BCUT2D eigenvalue weighted by Gasteiger charge is -2.27. The molecule has 2 saturated carbocycles. The molecule has 0 bridgehead atoms. The third-order valence-electron chi connectivity index (χ3n) is 3.07. The van der Waals surface area contributed by atoms with E-state index in [1.165, 1.54) is 32.1 Å². The molecule has 2 fully saturated rings. The summed E-state index contributed by atoms with van der Waals surface area (Å²) in [5.41, 5.74) is 6.05. The lowest BCUT2D eigenvalue weighted by atomic mass is 9.96. The van der Waals surface area contributed by atoms with Crippen LogP contribution in [0, 0.1) is 5.41 Å². The van der Waals surface area contributed by atoms with E-state index in [1.54, 1.807) is 0 Å². The van der Waals surface area contributed by atoms with E-state index in [1.807, 2.05) is 0 Å². The Hall–Kier alpha value is -0.0800. The highest BCUT2D eigenvalue weighted by molar-refractivity contribution is 4.94. The van der Waals surface area contributed by atoms with Gasteiger partial charge in [0.25, 0.3) is 0 Å². The maximum absolute atomic E-state index is 5.72. The third-order valence-corrected chi connectivity index (χ3v) is 3.07. The molecule has 11 heavy (non-hydrogen) atoms. The van der Waals surface area contributed by atoms with Crippen LogP contribution in [0.3, 0.4) is 0 Å². The predicted molar refractivity (Wildman–Crippen MR) is 44.3 cm³/mol. The minimum absolute atomic E-state index is 0.412. The molecular formula is C9H17NO. The fourth-order valence-electron chi connectivity index (χ4n) is 1.42. The summed E-state index contributed by atoms with van der Waals surface area (Å²) in [7, 11) is 0. The van der Waals surface area contributed by atoms with Crippen LogP contribution in [-0.4, -0.2) is 19.3 Å². The molecule has 0 aromatic heterocycles. The average Bonchev–Trinajstić information content (AvgIpc) is 2.66. The summed E-state index contributed by atoms with van der Waals surface area (Å²) < 4.78 is 5.72. The first-order chi connectivity index (χ1) is 5.35. The summed E-state index contributed by atoms with van der Waals surface area (Å²) in [6, 6.07) is 0. The molecule has 0 amide bonds. The molecule has 64 valence electrons. The molecule has 0 spiro atoms. The summed E-state index contributed by atoms with van der Waals surface area (Å²) >= 11 is 0. The van der Waals surface area contributed by atoms with Crippen molar-refractivity contribution in [2.75, 3.05) is 13.2 Å². The Morgan fingerprint density at radius 1 is 1.36 bits per heavy atom. The van der Waals surface area contributed by atoms with Gasteiger partial charge in [-0.2, -0.15) is 0 Å². The van der Waals surface area contributed by atoms with Gasteiger partial charge in [0.15, 0.2) is 0 Å². The van der Waals surface area contributed by atoms with Gasteiger partial charge in [0.2, 0.25) is 0 Å². The molecule has 0 radical (unpaired) electrons. The number of nitrogens with two attached hydrogens (primary N) is 1. The Bertz CT molecular complexity index is 138. The average molecular weight is 155 g/mol. The van der Waals surface area contributed by atoms with Gasteiger partial charge < -0.3 is 10.5 Å². The molecule has 2 rings (SSSR count). The van der Waals surface area contributed by atoms with Crippen molar-refractivity contribution in [2.45, 2.75) is 38.2 Å². The maximum atomic E-state index is 5.72. The van der Waals surface area contributed by atoms with E-state index in [0.717, 1.165) is 13.2 Å². The van der Waals surface area contributed by atoms with E-state index in [0.29, 0.717) is 11.5 Å². The molecule has 0 aliphatic heterocycles.